The summed E-state index contributed by atoms with van der Waals surface area (Å²) in [6.07, 6.45) is 2.85. The molecule has 144 valence electrons. The fourth-order valence-electron chi connectivity index (χ4n) is 3.72. The Hall–Kier alpha value is -2.18. The molecule has 6 heteroatoms. The van der Waals surface area contributed by atoms with Crippen molar-refractivity contribution in [3.05, 3.63) is 58.7 Å². The Balaban J connectivity index is 1.85. The van der Waals surface area contributed by atoms with Gasteiger partial charge in [0.25, 0.3) is 5.91 Å². The van der Waals surface area contributed by atoms with E-state index in [-0.39, 0.29) is 10.8 Å². The van der Waals surface area contributed by atoms with Gasteiger partial charge in [-0.3, -0.25) is 4.79 Å². The molecule has 0 aromatic heterocycles. The molecule has 1 fully saturated rings. The molecule has 0 bridgehead atoms. The molecule has 3 rings (SSSR count). The minimum absolute atomic E-state index is 0.222. The summed E-state index contributed by atoms with van der Waals surface area (Å²) < 4.78 is 27.2. The van der Waals surface area contributed by atoms with E-state index in [1.165, 1.54) is 4.31 Å². The monoisotopic (exact) mass is 386 g/mol. The standard InChI is InChI=1S/C21H26N2O3S/c1-15-12-16(2)20(17(3)13-15)21(24)22-18-8-7-9-19(14-18)27(25,26)23-10-5-4-6-11-23/h7-9,12-14H,4-6,10-11H2,1-3H3,(H,22,24). The van der Waals surface area contributed by atoms with Crippen molar-refractivity contribution >= 4 is 21.6 Å². The van der Waals surface area contributed by atoms with Crippen LogP contribution in [0.5, 0.6) is 0 Å². The van der Waals surface area contributed by atoms with Gasteiger partial charge in [-0.1, -0.05) is 30.2 Å². The Kier molecular flexibility index (Phi) is 5.67. The first-order chi connectivity index (χ1) is 12.8. The molecule has 0 spiro atoms. The van der Waals surface area contributed by atoms with Crippen LogP contribution in [0.1, 0.15) is 46.3 Å². The third-order valence-electron chi connectivity index (χ3n) is 4.95. The van der Waals surface area contributed by atoms with Crippen LogP contribution in [0.4, 0.5) is 5.69 Å². The van der Waals surface area contributed by atoms with Crippen molar-refractivity contribution in [2.24, 2.45) is 0 Å². The lowest BCUT2D eigenvalue weighted by Crippen LogP contribution is -2.35. The molecular formula is C21H26N2O3S. The van der Waals surface area contributed by atoms with Gasteiger partial charge in [-0.15, -0.1) is 0 Å². The van der Waals surface area contributed by atoms with Crippen LogP contribution in [0.3, 0.4) is 0 Å². The summed E-state index contributed by atoms with van der Waals surface area (Å²) in [5, 5.41) is 2.85. The van der Waals surface area contributed by atoms with E-state index in [0.29, 0.717) is 24.3 Å². The van der Waals surface area contributed by atoms with Crippen molar-refractivity contribution in [1.29, 1.82) is 0 Å². The van der Waals surface area contributed by atoms with Gasteiger partial charge in [0.2, 0.25) is 10.0 Å². The molecule has 0 saturated carbocycles. The van der Waals surface area contributed by atoms with Gasteiger partial charge >= 0.3 is 0 Å². The average Bonchev–Trinajstić information content (AvgIpc) is 2.62. The van der Waals surface area contributed by atoms with E-state index in [1.54, 1.807) is 24.3 Å². The van der Waals surface area contributed by atoms with Crippen LogP contribution in [0.25, 0.3) is 0 Å². The fraction of sp³-hybridized carbons (Fsp3) is 0.381. The number of piperidine rings is 1. The van der Waals surface area contributed by atoms with Gasteiger partial charge in [0.15, 0.2) is 0 Å². The minimum atomic E-state index is -3.52. The molecule has 2 aromatic rings. The zero-order valence-corrected chi connectivity index (χ0v) is 16.9. The normalized spacial score (nSPS) is 15.5. The van der Waals surface area contributed by atoms with Crippen LogP contribution in [0.2, 0.25) is 0 Å². The zero-order chi connectivity index (χ0) is 19.6. The number of hydrogen-bond donors (Lipinski definition) is 1. The molecule has 0 atom stereocenters. The van der Waals surface area contributed by atoms with E-state index in [0.717, 1.165) is 36.0 Å². The molecule has 5 nitrogen and oxygen atoms in total. The molecule has 1 amide bonds. The molecule has 0 unspecified atom stereocenters. The fourth-order valence-corrected chi connectivity index (χ4v) is 5.28. The second-order valence-electron chi connectivity index (χ2n) is 7.22. The van der Waals surface area contributed by atoms with Gasteiger partial charge in [0.05, 0.1) is 4.90 Å². The third-order valence-corrected chi connectivity index (χ3v) is 6.84. The van der Waals surface area contributed by atoms with Crippen LogP contribution in [-0.2, 0) is 10.0 Å². The number of hydrogen-bond acceptors (Lipinski definition) is 3. The molecule has 27 heavy (non-hydrogen) atoms. The van der Waals surface area contributed by atoms with Crippen LogP contribution in [-0.4, -0.2) is 31.7 Å². The Bertz CT molecular complexity index is 938. The highest BCUT2D eigenvalue weighted by molar-refractivity contribution is 7.89. The number of carbonyl (C=O) groups excluding carboxylic acids is 1. The van der Waals surface area contributed by atoms with Crippen molar-refractivity contribution in [1.82, 2.24) is 4.31 Å². The maximum absolute atomic E-state index is 12.9. The summed E-state index contributed by atoms with van der Waals surface area (Å²) in [6, 6.07) is 10.5. The number of rotatable bonds is 4. The van der Waals surface area contributed by atoms with E-state index in [9.17, 15) is 13.2 Å². The highest BCUT2D eigenvalue weighted by atomic mass is 32.2. The predicted octanol–water partition coefficient (Wildman–Crippen LogP) is 4.04. The van der Waals surface area contributed by atoms with E-state index in [4.69, 9.17) is 0 Å². The maximum atomic E-state index is 12.9. The predicted molar refractivity (Wildman–Crippen MR) is 108 cm³/mol. The van der Waals surface area contributed by atoms with Crippen molar-refractivity contribution in [2.75, 3.05) is 18.4 Å². The number of carbonyl (C=O) groups is 1. The number of anilines is 1. The van der Waals surface area contributed by atoms with Crippen LogP contribution in [0.15, 0.2) is 41.3 Å². The van der Waals surface area contributed by atoms with Crippen molar-refractivity contribution in [3.8, 4) is 0 Å². The van der Waals surface area contributed by atoms with Crippen LogP contribution >= 0.6 is 0 Å². The summed E-state index contributed by atoms with van der Waals surface area (Å²) in [5.74, 6) is -0.225. The lowest BCUT2D eigenvalue weighted by Gasteiger charge is -2.26. The number of benzene rings is 2. The first-order valence-corrected chi connectivity index (χ1v) is 10.7. The Morgan fingerprint density at radius 1 is 0.963 bits per heavy atom. The quantitative estimate of drug-likeness (QED) is 0.862. The van der Waals surface area contributed by atoms with Crippen molar-refractivity contribution in [3.63, 3.8) is 0 Å². The summed E-state index contributed by atoms with van der Waals surface area (Å²) >= 11 is 0. The number of nitrogens with one attached hydrogen (secondary N) is 1. The maximum Gasteiger partial charge on any atom is 0.256 e. The van der Waals surface area contributed by atoms with Gasteiger partial charge in [-0.25, -0.2) is 8.42 Å². The molecule has 0 aliphatic carbocycles. The number of amides is 1. The van der Waals surface area contributed by atoms with Crippen LogP contribution in [0, 0.1) is 20.8 Å². The highest BCUT2D eigenvalue weighted by Crippen LogP contribution is 2.24. The Labute approximate surface area is 161 Å². The lowest BCUT2D eigenvalue weighted by atomic mass is 9.99. The first-order valence-electron chi connectivity index (χ1n) is 9.28. The minimum Gasteiger partial charge on any atom is -0.322 e. The first kappa shape index (κ1) is 19.6. The van der Waals surface area contributed by atoms with Gasteiger partial charge in [0.1, 0.15) is 0 Å². The Morgan fingerprint density at radius 3 is 2.22 bits per heavy atom. The molecule has 0 radical (unpaired) electrons. The van der Waals surface area contributed by atoms with E-state index in [1.807, 2.05) is 32.9 Å². The molecule has 1 aliphatic heterocycles. The van der Waals surface area contributed by atoms with E-state index >= 15 is 0 Å². The molecule has 1 saturated heterocycles. The Morgan fingerprint density at radius 2 is 1.59 bits per heavy atom. The van der Waals surface area contributed by atoms with Crippen molar-refractivity contribution < 1.29 is 13.2 Å². The van der Waals surface area contributed by atoms with Gasteiger partial charge in [0, 0.05) is 24.3 Å². The summed E-state index contributed by atoms with van der Waals surface area (Å²) in [7, 11) is -3.52. The molecular weight excluding hydrogens is 360 g/mol. The largest absolute Gasteiger partial charge is 0.322 e. The van der Waals surface area contributed by atoms with Gasteiger partial charge < -0.3 is 5.32 Å². The smallest absolute Gasteiger partial charge is 0.256 e. The summed E-state index contributed by atoms with van der Waals surface area (Å²) in [5.41, 5.74) is 4.03. The molecule has 1 aliphatic rings. The summed E-state index contributed by atoms with van der Waals surface area (Å²) in [6.45, 7) is 6.93. The van der Waals surface area contributed by atoms with Crippen molar-refractivity contribution in [2.45, 2.75) is 44.9 Å². The second-order valence-corrected chi connectivity index (χ2v) is 9.16. The average molecular weight is 387 g/mol. The van der Waals surface area contributed by atoms with Crippen LogP contribution < -0.4 is 5.32 Å². The molecule has 2 aromatic carbocycles. The second kappa shape index (κ2) is 7.82. The topological polar surface area (TPSA) is 66.5 Å². The highest BCUT2D eigenvalue weighted by Gasteiger charge is 2.26. The zero-order valence-electron chi connectivity index (χ0n) is 16.1. The van der Waals surface area contributed by atoms with E-state index in [2.05, 4.69) is 5.32 Å². The SMILES string of the molecule is Cc1cc(C)c(C(=O)Nc2cccc(S(=O)(=O)N3CCCCC3)c2)c(C)c1. The van der Waals surface area contributed by atoms with Gasteiger partial charge in [-0.2, -0.15) is 4.31 Å². The third kappa shape index (κ3) is 4.22. The van der Waals surface area contributed by atoms with Gasteiger partial charge in [-0.05, 0) is 62.9 Å². The summed E-state index contributed by atoms with van der Waals surface area (Å²) in [4.78, 5) is 13.0. The molecule has 1 N–H and O–H groups in total. The number of aryl methyl sites for hydroxylation is 3. The number of sulfonamides is 1. The lowest BCUT2D eigenvalue weighted by molar-refractivity contribution is 0.102. The van der Waals surface area contributed by atoms with E-state index < -0.39 is 10.0 Å². The number of nitrogens with zero attached hydrogens (tertiary/aromatic N) is 1. The molecule has 1 heterocycles.